The number of hydrogen-bond acceptors (Lipinski definition) is 5. The minimum atomic E-state index is -1.50. The zero-order chi connectivity index (χ0) is 16.1. The summed E-state index contributed by atoms with van der Waals surface area (Å²) in [4.78, 5) is 1.02. The van der Waals surface area contributed by atoms with Gasteiger partial charge in [-0.3, -0.25) is 0 Å². The van der Waals surface area contributed by atoms with Gasteiger partial charge >= 0.3 is 0 Å². The first kappa shape index (κ1) is 16.2. The quantitative estimate of drug-likeness (QED) is 0.818. The first-order valence-corrected chi connectivity index (χ1v) is 7.65. The number of rotatable bonds is 6. The summed E-state index contributed by atoms with van der Waals surface area (Å²) in [6.07, 6.45) is 0. The molecule has 0 aliphatic heterocycles. The minimum Gasteiger partial charge on any atom is -0.497 e. The van der Waals surface area contributed by atoms with E-state index in [2.05, 4.69) is 0 Å². The van der Waals surface area contributed by atoms with Crippen LogP contribution in [-0.2, 0) is 10.8 Å². The van der Waals surface area contributed by atoms with Crippen molar-refractivity contribution < 1.29 is 23.2 Å². The molecule has 2 rings (SSSR count). The maximum atomic E-state index is 13.0. The number of methoxy groups -OCH3 is 4. The molecule has 2 aromatic rings. The highest BCUT2D eigenvalue weighted by Crippen LogP contribution is 2.35. The van der Waals surface area contributed by atoms with Gasteiger partial charge < -0.3 is 18.9 Å². The standard InChI is InChI=1S/C16H18O5S/c1-18-11-5-7-13(20-3)15(9-11)22(17)16-10-12(19-2)6-8-14(16)21-4/h5-10H,1-4H3. The first-order chi connectivity index (χ1) is 10.6. The second-order valence-corrected chi connectivity index (χ2v) is 5.72. The highest BCUT2D eigenvalue weighted by Gasteiger charge is 2.19. The summed E-state index contributed by atoms with van der Waals surface area (Å²) in [6, 6.07) is 10.3. The topological polar surface area (TPSA) is 54.0 Å². The van der Waals surface area contributed by atoms with E-state index >= 15 is 0 Å². The van der Waals surface area contributed by atoms with Crippen LogP contribution in [0, 0.1) is 0 Å². The lowest BCUT2D eigenvalue weighted by Gasteiger charge is -2.13. The third-order valence-electron chi connectivity index (χ3n) is 3.14. The molecule has 0 heterocycles. The molecule has 0 N–H and O–H groups in total. The molecule has 2 aromatic carbocycles. The second-order valence-electron chi connectivity index (χ2n) is 4.30. The Balaban J connectivity index is 2.56. The Morgan fingerprint density at radius 3 is 1.41 bits per heavy atom. The molecule has 0 bridgehead atoms. The highest BCUT2D eigenvalue weighted by molar-refractivity contribution is 7.85. The summed E-state index contributed by atoms with van der Waals surface area (Å²) in [5.74, 6) is 2.24. The number of benzene rings is 2. The third kappa shape index (κ3) is 3.17. The van der Waals surface area contributed by atoms with E-state index in [1.54, 1.807) is 50.6 Å². The summed E-state index contributed by atoms with van der Waals surface area (Å²) >= 11 is 0. The zero-order valence-corrected chi connectivity index (χ0v) is 13.7. The van der Waals surface area contributed by atoms with Gasteiger partial charge in [0.2, 0.25) is 0 Å². The molecule has 0 atom stereocenters. The lowest BCUT2D eigenvalue weighted by molar-refractivity contribution is 0.390. The average Bonchev–Trinajstić information content (AvgIpc) is 2.59. The Morgan fingerprint density at radius 1 is 0.682 bits per heavy atom. The van der Waals surface area contributed by atoms with E-state index in [0.29, 0.717) is 32.8 Å². The van der Waals surface area contributed by atoms with Crippen LogP contribution < -0.4 is 18.9 Å². The maximum Gasteiger partial charge on any atom is 0.135 e. The molecule has 0 unspecified atom stereocenters. The molecule has 22 heavy (non-hydrogen) atoms. The summed E-state index contributed by atoms with van der Waals surface area (Å²) in [7, 11) is 4.68. The Kier molecular flexibility index (Phi) is 5.27. The van der Waals surface area contributed by atoms with Gasteiger partial charge in [0.1, 0.15) is 23.0 Å². The van der Waals surface area contributed by atoms with Crippen molar-refractivity contribution >= 4 is 10.8 Å². The second kappa shape index (κ2) is 7.17. The van der Waals surface area contributed by atoms with Gasteiger partial charge in [-0.25, -0.2) is 4.21 Å². The van der Waals surface area contributed by atoms with Gasteiger partial charge in [-0.05, 0) is 24.3 Å². The fourth-order valence-electron chi connectivity index (χ4n) is 1.98. The Bertz CT molecular complexity index is 627. The smallest absolute Gasteiger partial charge is 0.135 e. The number of ether oxygens (including phenoxy) is 4. The van der Waals surface area contributed by atoms with E-state index in [-0.39, 0.29) is 0 Å². The van der Waals surface area contributed by atoms with Gasteiger partial charge in [0.15, 0.2) is 0 Å². The van der Waals surface area contributed by atoms with Gasteiger partial charge in [0.25, 0.3) is 0 Å². The monoisotopic (exact) mass is 322 g/mol. The van der Waals surface area contributed by atoms with Gasteiger partial charge in [-0.1, -0.05) is 0 Å². The van der Waals surface area contributed by atoms with Crippen molar-refractivity contribution in [3.05, 3.63) is 36.4 Å². The van der Waals surface area contributed by atoms with Crippen LogP contribution in [0.3, 0.4) is 0 Å². The van der Waals surface area contributed by atoms with Crippen molar-refractivity contribution in [1.82, 2.24) is 0 Å². The molecule has 118 valence electrons. The van der Waals surface area contributed by atoms with Crippen LogP contribution in [0.15, 0.2) is 46.2 Å². The number of hydrogen-bond donors (Lipinski definition) is 0. The summed E-state index contributed by atoms with van der Waals surface area (Å²) in [6.45, 7) is 0. The van der Waals surface area contributed by atoms with E-state index in [1.165, 1.54) is 14.2 Å². The van der Waals surface area contributed by atoms with E-state index in [4.69, 9.17) is 18.9 Å². The van der Waals surface area contributed by atoms with Gasteiger partial charge in [0, 0.05) is 12.1 Å². The molecular weight excluding hydrogens is 304 g/mol. The fourth-order valence-corrected chi connectivity index (χ4v) is 3.33. The molecule has 5 nitrogen and oxygen atoms in total. The predicted octanol–water partition coefficient (Wildman–Crippen LogP) is 2.89. The van der Waals surface area contributed by atoms with Gasteiger partial charge in [-0.15, -0.1) is 0 Å². The molecule has 0 saturated heterocycles. The fraction of sp³-hybridized carbons (Fsp3) is 0.250. The Hall–Kier alpha value is -2.21. The van der Waals surface area contributed by atoms with Crippen molar-refractivity contribution in [1.29, 1.82) is 0 Å². The first-order valence-electron chi connectivity index (χ1n) is 6.50. The molecular formula is C16H18O5S. The van der Waals surface area contributed by atoms with Crippen LogP contribution in [0.25, 0.3) is 0 Å². The summed E-state index contributed by atoms with van der Waals surface area (Å²) in [5, 5.41) is 0. The van der Waals surface area contributed by atoms with Crippen LogP contribution in [0.5, 0.6) is 23.0 Å². The molecule has 0 aliphatic rings. The van der Waals surface area contributed by atoms with E-state index < -0.39 is 10.8 Å². The molecule has 0 radical (unpaired) electrons. The van der Waals surface area contributed by atoms with Crippen molar-refractivity contribution in [2.45, 2.75) is 9.79 Å². The summed E-state index contributed by atoms with van der Waals surface area (Å²) < 4.78 is 34.0. The van der Waals surface area contributed by atoms with Gasteiger partial charge in [-0.2, -0.15) is 0 Å². The van der Waals surface area contributed by atoms with Crippen molar-refractivity contribution in [3.63, 3.8) is 0 Å². The van der Waals surface area contributed by atoms with E-state index in [9.17, 15) is 4.21 Å². The zero-order valence-electron chi connectivity index (χ0n) is 12.9. The molecule has 0 aromatic heterocycles. The van der Waals surface area contributed by atoms with Crippen LogP contribution in [0.4, 0.5) is 0 Å². The van der Waals surface area contributed by atoms with Crippen molar-refractivity contribution in [2.24, 2.45) is 0 Å². The molecule has 0 aliphatic carbocycles. The highest BCUT2D eigenvalue weighted by atomic mass is 32.2. The molecule has 0 fully saturated rings. The molecule has 0 amide bonds. The lowest BCUT2D eigenvalue weighted by Crippen LogP contribution is -2.01. The Labute approximate surface area is 132 Å². The van der Waals surface area contributed by atoms with E-state index in [0.717, 1.165) is 0 Å². The third-order valence-corrected chi connectivity index (χ3v) is 4.58. The normalized spacial score (nSPS) is 10.4. The maximum absolute atomic E-state index is 13.0. The molecule has 0 spiro atoms. The van der Waals surface area contributed by atoms with E-state index in [1.807, 2.05) is 0 Å². The van der Waals surface area contributed by atoms with Gasteiger partial charge in [0.05, 0.1) is 49.0 Å². The molecule has 6 heteroatoms. The Morgan fingerprint density at radius 2 is 1.09 bits per heavy atom. The van der Waals surface area contributed by atoms with Crippen LogP contribution >= 0.6 is 0 Å². The lowest BCUT2D eigenvalue weighted by atomic mass is 10.3. The predicted molar refractivity (Wildman–Crippen MR) is 83.8 cm³/mol. The van der Waals surface area contributed by atoms with Crippen LogP contribution in [0.1, 0.15) is 0 Å². The average molecular weight is 322 g/mol. The molecule has 0 saturated carbocycles. The minimum absolute atomic E-state index is 0.508. The summed E-state index contributed by atoms with van der Waals surface area (Å²) in [5.41, 5.74) is 0. The van der Waals surface area contributed by atoms with Crippen molar-refractivity contribution in [3.8, 4) is 23.0 Å². The van der Waals surface area contributed by atoms with Crippen LogP contribution in [0.2, 0.25) is 0 Å². The van der Waals surface area contributed by atoms with Crippen LogP contribution in [-0.4, -0.2) is 32.6 Å². The largest absolute Gasteiger partial charge is 0.497 e. The SMILES string of the molecule is COc1ccc(OC)c(S(=O)c2cc(OC)ccc2OC)c1. The van der Waals surface area contributed by atoms with Crippen molar-refractivity contribution in [2.75, 3.05) is 28.4 Å².